The molecule has 34 heavy (non-hydrogen) atoms. The van der Waals surface area contributed by atoms with E-state index in [9.17, 15) is 14.0 Å². The van der Waals surface area contributed by atoms with Gasteiger partial charge in [-0.2, -0.15) is 0 Å². The summed E-state index contributed by atoms with van der Waals surface area (Å²) in [5.74, 6) is -0.772. The number of hydrogen-bond acceptors (Lipinski definition) is 8. The molecule has 2 heterocycles. The van der Waals surface area contributed by atoms with Crippen LogP contribution in [0.4, 0.5) is 9.18 Å². The second-order valence-electron chi connectivity index (χ2n) is 7.75. The second kappa shape index (κ2) is 10.2. The SMILES string of the molecule is COc1ccc(CC(=O)O)cc1-c1ccc(F)c2c1CN(OC(=O)OCc1cnc(C)s1)CC2. The van der Waals surface area contributed by atoms with Crippen molar-refractivity contribution in [1.82, 2.24) is 10.0 Å². The molecule has 178 valence electrons. The van der Waals surface area contributed by atoms with E-state index in [0.29, 0.717) is 46.5 Å². The molecule has 0 bridgehead atoms. The van der Waals surface area contributed by atoms with Crippen LogP contribution < -0.4 is 4.74 Å². The molecule has 0 radical (unpaired) electrons. The largest absolute Gasteiger partial charge is 0.528 e. The first-order valence-electron chi connectivity index (χ1n) is 10.5. The molecule has 1 aliphatic heterocycles. The fourth-order valence-corrected chi connectivity index (χ4v) is 4.63. The number of aryl methyl sites for hydroxylation is 1. The lowest BCUT2D eigenvalue weighted by Gasteiger charge is -2.29. The standard InChI is InChI=1S/C24H23FN2O6S/c1-14-26-11-16(34-14)13-32-24(30)33-27-8-7-18-20(12-27)17(4-5-21(18)25)19-9-15(10-23(28)29)3-6-22(19)31-2/h3-6,9,11H,7-8,10,12-13H2,1-2H3,(H,28,29). The molecule has 10 heteroatoms. The molecule has 3 aromatic rings. The molecule has 8 nitrogen and oxygen atoms in total. The van der Waals surface area contributed by atoms with Crippen LogP contribution in [-0.4, -0.2) is 40.9 Å². The van der Waals surface area contributed by atoms with Gasteiger partial charge in [0.1, 0.15) is 18.2 Å². The molecule has 0 fully saturated rings. The Bertz CT molecular complexity index is 1230. The Balaban J connectivity index is 1.56. The maximum absolute atomic E-state index is 14.6. The van der Waals surface area contributed by atoms with Crippen LogP contribution in [0.1, 0.15) is 26.6 Å². The number of hydroxylamine groups is 2. The molecule has 0 aliphatic carbocycles. The second-order valence-corrected chi connectivity index (χ2v) is 9.07. The molecule has 1 N–H and O–H groups in total. The van der Waals surface area contributed by atoms with Gasteiger partial charge in [0.05, 0.1) is 30.0 Å². The number of methoxy groups -OCH3 is 1. The number of thiazole rings is 1. The van der Waals surface area contributed by atoms with Crippen molar-refractivity contribution in [3.05, 3.63) is 68.9 Å². The fourth-order valence-electron chi connectivity index (χ4n) is 3.92. The lowest BCUT2D eigenvalue weighted by atomic mass is 9.90. The number of benzene rings is 2. The maximum Gasteiger partial charge on any atom is 0.528 e. The zero-order chi connectivity index (χ0) is 24.2. The molecular weight excluding hydrogens is 463 g/mol. The molecule has 1 aromatic heterocycles. The van der Waals surface area contributed by atoms with E-state index in [-0.39, 0.29) is 25.4 Å². The molecule has 0 saturated carbocycles. The van der Waals surface area contributed by atoms with Gasteiger partial charge in [0, 0.05) is 18.3 Å². The van der Waals surface area contributed by atoms with E-state index < -0.39 is 12.1 Å². The van der Waals surface area contributed by atoms with Gasteiger partial charge in [-0.05, 0) is 53.8 Å². The topological polar surface area (TPSA) is 98.2 Å². The van der Waals surface area contributed by atoms with Crippen LogP contribution in [0.3, 0.4) is 0 Å². The van der Waals surface area contributed by atoms with E-state index in [1.165, 1.54) is 29.6 Å². The summed E-state index contributed by atoms with van der Waals surface area (Å²) in [6.07, 6.45) is 0.966. The summed E-state index contributed by atoms with van der Waals surface area (Å²) in [7, 11) is 1.52. The summed E-state index contributed by atoms with van der Waals surface area (Å²) in [6, 6.07) is 8.12. The first-order valence-corrected chi connectivity index (χ1v) is 11.4. The van der Waals surface area contributed by atoms with Crippen molar-refractivity contribution in [2.75, 3.05) is 13.7 Å². The van der Waals surface area contributed by atoms with Crippen LogP contribution in [0.25, 0.3) is 11.1 Å². The van der Waals surface area contributed by atoms with E-state index in [1.54, 1.807) is 30.5 Å². The highest BCUT2D eigenvalue weighted by molar-refractivity contribution is 7.11. The Morgan fingerprint density at radius 1 is 1.21 bits per heavy atom. The van der Waals surface area contributed by atoms with Crippen molar-refractivity contribution >= 4 is 23.5 Å². The van der Waals surface area contributed by atoms with E-state index in [1.807, 2.05) is 6.92 Å². The normalized spacial score (nSPS) is 13.3. The van der Waals surface area contributed by atoms with Gasteiger partial charge in [0.25, 0.3) is 0 Å². The van der Waals surface area contributed by atoms with Crippen molar-refractivity contribution in [2.45, 2.75) is 32.9 Å². The highest BCUT2D eigenvalue weighted by Crippen LogP contribution is 2.37. The van der Waals surface area contributed by atoms with Gasteiger partial charge in [0.2, 0.25) is 0 Å². The van der Waals surface area contributed by atoms with Gasteiger partial charge in [0.15, 0.2) is 0 Å². The third-order valence-electron chi connectivity index (χ3n) is 5.43. The van der Waals surface area contributed by atoms with E-state index in [4.69, 9.17) is 19.4 Å². The summed E-state index contributed by atoms with van der Waals surface area (Å²) in [4.78, 5) is 33.7. The average molecular weight is 487 g/mol. The number of fused-ring (bicyclic) bond motifs is 1. The number of nitrogens with zero attached hydrogens (tertiary/aromatic N) is 2. The van der Waals surface area contributed by atoms with Crippen LogP contribution in [0.15, 0.2) is 36.5 Å². The molecule has 0 unspecified atom stereocenters. The average Bonchev–Trinajstić information content (AvgIpc) is 3.23. The summed E-state index contributed by atoms with van der Waals surface area (Å²) in [6.45, 7) is 2.37. The van der Waals surface area contributed by atoms with Crippen LogP contribution in [0, 0.1) is 12.7 Å². The van der Waals surface area contributed by atoms with Crippen LogP contribution in [0.2, 0.25) is 0 Å². The molecule has 0 saturated heterocycles. The predicted octanol–water partition coefficient (Wildman–Crippen LogP) is 4.52. The number of carbonyl (C=O) groups excluding carboxylic acids is 1. The monoisotopic (exact) mass is 486 g/mol. The smallest absolute Gasteiger partial charge is 0.496 e. The minimum Gasteiger partial charge on any atom is -0.496 e. The third kappa shape index (κ3) is 5.35. The summed E-state index contributed by atoms with van der Waals surface area (Å²) in [5.41, 5.74) is 3.08. The molecule has 4 rings (SSSR count). The highest BCUT2D eigenvalue weighted by atomic mass is 32.1. The van der Waals surface area contributed by atoms with Gasteiger partial charge in [-0.3, -0.25) is 4.79 Å². The molecule has 2 aromatic carbocycles. The number of carbonyl (C=O) groups is 2. The van der Waals surface area contributed by atoms with E-state index in [2.05, 4.69) is 4.98 Å². The van der Waals surface area contributed by atoms with Gasteiger partial charge in [-0.25, -0.2) is 14.2 Å². The van der Waals surface area contributed by atoms with Crippen LogP contribution in [0.5, 0.6) is 5.75 Å². The molecule has 0 spiro atoms. The number of hydrogen-bond donors (Lipinski definition) is 1. The minimum absolute atomic E-state index is 0.0578. The highest BCUT2D eigenvalue weighted by Gasteiger charge is 2.26. The van der Waals surface area contributed by atoms with Crippen molar-refractivity contribution in [3.8, 4) is 16.9 Å². The Morgan fingerprint density at radius 3 is 2.74 bits per heavy atom. The first-order chi connectivity index (χ1) is 16.3. The number of aromatic nitrogens is 1. The lowest BCUT2D eigenvalue weighted by Crippen LogP contribution is -2.34. The van der Waals surface area contributed by atoms with Crippen molar-refractivity contribution in [3.63, 3.8) is 0 Å². The van der Waals surface area contributed by atoms with Gasteiger partial charge >= 0.3 is 12.1 Å². The summed E-state index contributed by atoms with van der Waals surface area (Å²) < 4.78 is 25.3. The number of carboxylic acids is 1. The van der Waals surface area contributed by atoms with E-state index in [0.717, 1.165) is 9.88 Å². The van der Waals surface area contributed by atoms with Crippen LogP contribution in [-0.2, 0) is 40.4 Å². The molecule has 0 atom stereocenters. The Kier molecular flexibility index (Phi) is 7.09. The predicted molar refractivity (Wildman–Crippen MR) is 122 cm³/mol. The van der Waals surface area contributed by atoms with Crippen LogP contribution >= 0.6 is 11.3 Å². The zero-order valence-corrected chi connectivity index (χ0v) is 19.5. The maximum atomic E-state index is 14.6. The Hall–Kier alpha value is -3.50. The van der Waals surface area contributed by atoms with E-state index >= 15 is 0 Å². The van der Waals surface area contributed by atoms with Crippen molar-refractivity contribution in [2.24, 2.45) is 0 Å². The number of halogens is 1. The van der Waals surface area contributed by atoms with Crippen molar-refractivity contribution in [1.29, 1.82) is 0 Å². The first kappa shape index (κ1) is 23.7. The zero-order valence-electron chi connectivity index (χ0n) is 18.7. The number of rotatable bonds is 7. The minimum atomic E-state index is -0.955. The number of ether oxygens (including phenoxy) is 2. The summed E-state index contributed by atoms with van der Waals surface area (Å²) >= 11 is 1.43. The quantitative estimate of drug-likeness (QED) is 0.487. The van der Waals surface area contributed by atoms with Crippen molar-refractivity contribution < 1.29 is 33.4 Å². The Morgan fingerprint density at radius 2 is 2.03 bits per heavy atom. The lowest BCUT2D eigenvalue weighted by molar-refractivity contribution is -0.139. The molecule has 0 amide bonds. The molecular formula is C24H23FN2O6S. The van der Waals surface area contributed by atoms with Gasteiger partial charge in [-0.1, -0.05) is 12.1 Å². The third-order valence-corrected chi connectivity index (χ3v) is 6.32. The Labute approximate surface area is 199 Å². The number of aliphatic carboxylic acids is 1. The van der Waals surface area contributed by atoms with Gasteiger partial charge in [-0.15, -0.1) is 16.4 Å². The fraction of sp³-hybridized carbons (Fsp3) is 0.292. The molecule has 1 aliphatic rings. The number of carboxylic acid groups (broad SMARTS) is 1. The summed E-state index contributed by atoms with van der Waals surface area (Å²) in [5, 5.41) is 11.5. The van der Waals surface area contributed by atoms with Gasteiger partial charge < -0.3 is 19.4 Å².